The SMILES string of the molecule is Cc1n[nH]nc1C(=O)N1CCc2ccccc2C(N(C)C(=O)C2CC2(F)F)C1. The van der Waals surface area contributed by atoms with Crippen molar-refractivity contribution in [3.63, 3.8) is 0 Å². The number of aromatic amines is 1. The molecule has 1 fully saturated rings. The molecule has 2 amide bonds. The molecule has 2 heterocycles. The largest absolute Gasteiger partial charge is 0.336 e. The maximum Gasteiger partial charge on any atom is 0.276 e. The van der Waals surface area contributed by atoms with E-state index < -0.39 is 30.2 Å². The number of halogens is 2. The van der Waals surface area contributed by atoms with Crippen molar-refractivity contribution >= 4 is 11.8 Å². The third-order valence-corrected chi connectivity index (χ3v) is 5.61. The van der Waals surface area contributed by atoms with Crippen LogP contribution in [-0.2, 0) is 11.2 Å². The molecular formula is C19H21F2N5O2. The van der Waals surface area contributed by atoms with E-state index in [1.165, 1.54) is 11.9 Å². The number of carbonyl (C=O) groups is 2. The fourth-order valence-electron chi connectivity index (χ4n) is 3.77. The van der Waals surface area contributed by atoms with Gasteiger partial charge in [-0.05, 0) is 24.5 Å². The molecule has 2 atom stereocenters. The van der Waals surface area contributed by atoms with Crippen LogP contribution < -0.4 is 0 Å². The van der Waals surface area contributed by atoms with Crippen LogP contribution in [0.5, 0.6) is 0 Å². The van der Waals surface area contributed by atoms with Crippen molar-refractivity contribution in [2.75, 3.05) is 20.1 Å². The van der Waals surface area contributed by atoms with Crippen LogP contribution in [0.1, 0.15) is 39.8 Å². The fourth-order valence-corrected chi connectivity index (χ4v) is 3.77. The highest BCUT2D eigenvalue weighted by Crippen LogP contribution is 2.50. The molecule has 2 aromatic rings. The number of benzene rings is 1. The number of nitrogens with one attached hydrogen (secondary N) is 1. The minimum absolute atomic E-state index is 0.211. The third kappa shape index (κ3) is 3.14. The third-order valence-electron chi connectivity index (χ3n) is 5.61. The molecule has 1 aromatic heterocycles. The molecule has 0 saturated heterocycles. The van der Waals surface area contributed by atoms with Crippen molar-refractivity contribution in [2.24, 2.45) is 5.92 Å². The predicted molar refractivity (Wildman–Crippen MR) is 95.7 cm³/mol. The van der Waals surface area contributed by atoms with E-state index in [1.54, 1.807) is 11.8 Å². The molecule has 148 valence electrons. The Hall–Kier alpha value is -2.84. The van der Waals surface area contributed by atoms with E-state index >= 15 is 0 Å². The van der Waals surface area contributed by atoms with Gasteiger partial charge >= 0.3 is 0 Å². The van der Waals surface area contributed by atoms with Crippen molar-refractivity contribution in [3.8, 4) is 0 Å². The smallest absolute Gasteiger partial charge is 0.276 e. The van der Waals surface area contributed by atoms with Crippen molar-refractivity contribution in [2.45, 2.75) is 31.7 Å². The zero-order chi connectivity index (χ0) is 20.1. The Kier molecular flexibility index (Phi) is 4.40. The van der Waals surface area contributed by atoms with Gasteiger partial charge in [-0.25, -0.2) is 8.78 Å². The number of H-pyrrole nitrogens is 1. The lowest BCUT2D eigenvalue weighted by molar-refractivity contribution is -0.136. The number of aromatic nitrogens is 3. The summed E-state index contributed by atoms with van der Waals surface area (Å²) in [5, 5.41) is 10.3. The van der Waals surface area contributed by atoms with Crippen LogP contribution in [0.3, 0.4) is 0 Å². The number of rotatable bonds is 3. The molecule has 4 rings (SSSR count). The van der Waals surface area contributed by atoms with Gasteiger partial charge in [-0.2, -0.15) is 15.4 Å². The van der Waals surface area contributed by atoms with E-state index in [0.29, 0.717) is 18.7 Å². The summed E-state index contributed by atoms with van der Waals surface area (Å²) >= 11 is 0. The Morgan fingerprint density at radius 1 is 1.29 bits per heavy atom. The number of nitrogens with zero attached hydrogens (tertiary/aromatic N) is 4. The molecule has 0 bridgehead atoms. The number of hydrogen-bond acceptors (Lipinski definition) is 4. The summed E-state index contributed by atoms with van der Waals surface area (Å²) in [7, 11) is 1.54. The highest BCUT2D eigenvalue weighted by molar-refractivity contribution is 5.93. The van der Waals surface area contributed by atoms with E-state index in [4.69, 9.17) is 0 Å². The fraction of sp³-hybridized carbons (Fsp3) is 0.474. The molecule has 7 nitrogen and oxygen atoms in total. The first-order valence-corrected chi connectivity index (χ1v) is 9.18. The van der Waals surface area contributed by atoms with Crippen LogP contribution in [0.15, 0.2) is 24.3 Å². The van der Waals surface area contributed by atoms with Crippen LogP contribution in [0.2, 0.25) is 0 Å². The lowest BCUT2D eigenvalue weighted by atomic mass is 9.98. The number of aryl methyl sites for hydroxylation is 1. The maximum atomic E-state index is 13.5. The second-order valence-corrected chi connectivity index (χ2v) is 7.44. The second-order valence-electron chi connectivity index (χ2n) is 7.44. The first-order chi connectivity index (χ1) is 13.3. The van der Waals surface area contributed by atoms with Gasteiger partial charge in [-0.1, -0.05) is 24.3 Å². The Morgan fingerprint density at radius 2 is 2.00 bits per heavy atom. The molecule has 1 N–H and O–H groups in total. The Bertz CT molecular complexity index is 929. The second kappa shape index (κ2) is 6.65. The topological polar surface area (TPSA) is 82.2 Å². The maximum absolute atomic E-state index is 13.5. The molecule has 28 heavy (non-hydrogen) atoms. The van der Waals surface area contributed by atoms with Crippen LogP contribution in [0.4, 0.5) is 8.78 Å². The van der Waals surface area contributed by atoms with E-state index in [2.05, 4.69) is 15.4 Å². The molecular weight excluding hydrogens is 368 g/mol. The molecule has 0 spiro atoms. The summed E-state index contributed by atoms with van der Waals surface area (Å²) in [5.41, 5.74) is 2.61. The minimum atomic E-state index is -2.93. The monoisotopic (exact) mass is 389 g/mol. The molecule has 2 unspecified atom stereocenters. The van der Waals surface area contributed by atoms with Crippen molar-refractivity contribution in [3.05, 3.63) is 46.8 Å². The molecule has 1 aromatic carbocycles. The molecule has 2 aliphatic rings. The van der Waals surface area contributed by atoms with Crippen LogP contribution in [0, 0.1) is 12.8 Å². The molecule has 9 heteroatoms. The van der Waals surface area contributed by atoms with Gasteiger partial charge in [-0.15, -0.1) is 0 Å². The lowest BCUT2D eigenvalue weighted by Crippen LogP contribution is -2.42. The summed E-state index contributed by atoms with van der Waals surface area (Å²) in [6, 6.07) is 7.09. The summed E-state index contributed by atoms with van der Waals surface area (Å²) in [6.45, 7) is 2.34. The lowest BCUT2D eigenvalue weighted by Gasteiger charge is -2.32. The molecule has 1 aliphatic heterocycles. The van der Waals surface area contributed by atoms with E-state index in [-0.39, 0.29) is 18.1 Å². The predicted octanol–water partition coefficient (Wildman–Crippen LogP) is 1.97. The first-order valence-electron chi connectivity index (χ1n) is 9.18. The number of likely N-dealkylation sites (N-methyl/N-ethyl adjacent to an activating group) is 1. The van der Waals surface area contributed by atoms with Crippen molar-refractivity contribution in [1.82, 2.24) is 25.2 Å². The van der Waals surface area contributed by atoms with E-state index in [9.17, 15) is 18.4 Å². The highest BCUT2D eigenvalue weighted by atomic mass is 19.3. The zero-order valence-electron chi connectivity index (χ0n) is 15.7. The minimum Gasteiger partial charge on any atom is -0.336 e. The summed E-state index contributed by atoms with van der Waals surface area (Å²) < 4.78 is 26.9. The number of alkyl halides is 2. The molecule has 0 radical (unpaired) electrons. The summed E-state index contributed by atoms with van der Waals surface area (Å²) in [6.07, 6.45) is 0.197. The van der Waals surface area contributed by atoms with Crippen LogP contribution in [-0.4, -0.2) is 63.1 Å². The number of amides is 2. The summed E-state index contributed by atoms with van der Waals surface area (Å²) in [4.78, 5) is 28.6. The van der Waals surface area contributed by atoms with Gasteiger partial charge in [0.25, 0.3) is 11.8 Å². The van der Waals surface area contributed by atoms with Crippen LogP contribution >= 0.6 is 0 Å². The average molecular weight is 389 g/mol. The Morgan fingerprint density at radius 3 is 2.64 bits per heavy atom. The number of hydrogen-bond donors (Lipinski definition) is 1. The number of fused-ring (bicyclic) bond motifs is 1. The Balaban J connectivity index is 1.64. The average Bonchev–Trinajstić information content (AvgIpc) is 3.18. The van der Waals surface area contributed by atoms with E-state index in [0.717, 1.165) is 11.1 Å². The van der Waals surface area contributed by atoms with Gasteiger partial charge in [0.1, 0.15) is 5.92 Å². The summed E-state index contributed by atoms with van der Waals surface area (Å²) in [5.74, 6) is -5.07. The highest BCUT2D eigenvalue weighted by Gasteiger charge is 2.62. The number of carbonyl (C=O) groups excluding carboxylic acids is 2. The standard InChI is InChI=1S/C19H21F2N5O2/c1-11-16(23-24-22-11)18(28)26-8-7-12-5-3-4-6-13(12)15(10-26)25(2)17(27)14-9-19(14,20)21/h3-6,14-15H,7-10H2,1-2H3,(H,22,23,24). The normalized spacial score (nSPS) is 22.9. The van der Waals surface area contributed by atoms with Gasteiger partial charge < -0.3 is 9.80 Å². The van der Waals surface area contributed by atoms with Gasteiger partial charge in [-0.3, -0.25) is 9.59 Å². The zero-order valence-corrected chi connectivity index (χ0v) is 15.7. The van der Waals surface area contributed by atoms with Gasteiger partial charge in [0.05, 0.1) is 11.7 Å². The van der Waals surface area contributed by atoms with Gasteiger partial charge in [0, 0.05) is 26.6 Å². The van der Waals surface area contributed by atoms with E-state index in [1.807, 2.05) is 24.3 Å². The molecule has 1 saturated carbocycles. The molecule has 1 aliphatic carbocycles. The first kappa shape index (κ1) is 18.5. The van der Waals surface area contributed by atoms with Gasteiger partial charge in [0.2, 0.25) is 5.91 Å². The quantitative estimate of drug-likeness (QED) is 0.870. The van der Waals surface area contributed by atoms with Crippen molar-refractivity contribution < 1.29 is 18.4 Å². The Labute approximate surface area is 160 Å². The van der Waals surface area contributed by atoms with Gasteiger partial charge in [0.15, 0.2) is 5.69 Å². The van der Waals surface area contributed by atoms with Crippen LogP contribution in [0.25, 0.3) is 0 Å². The van der Waals surface area contributed by atoms with Crippen molar-refractivity contribution in [1.29, 1.82) is 0 Å².